The summed E-state index contributed by atoms with van der Waals surface area (Å²) in [6, 6.07) is 12.7. The molecular formula is C26H29N3O4. The Morgan fingerprint density at radius 1 is 1.09 bits per heavy atom. The van der Waals surface area contributed by atoms with Crippen molar-refractivity contribution in [3.8, 4) is 11.5 Å². The molecule has 3 heterocycles. The molecule has 0 unspecified atom stereocenters. The Morgan fingerprint density at radius 3 is 2.61 bits per heavy atom. The number of nitrogens with zero attached hydrogens (tertiary/aromatic N) is 2. The van der Waals surface area contributed by atoms with Crippen LogP contribution in [0, 0.1) is 5.92 Å². The smallest absolute Gasteiger partial charge is 0.246 e. The first-order valence-corrected chi connectivity index (χ1v) is 11.3. The summed E-state index contributed by atoms with van der Waals surface area (Å²) in [5, 5.41) is 1.09. The summed E-state index contributed by atoms with van der Waals surface area (Å²) in [4.78, 5) is 34.2. The van der Waals surface area contributed by atoms with Gasteiger partial charge in [0, 0.05) is 41.2 Å². The summed E-state index contributed by atoms with van der Waals surface area (Å²) >= 11 is 0. The number of piperazine rings is 1. The predicted octanol–water partition coefficient (Wildman–Crippen LogP) is 3.53. The number of methoxy groups -OCH3 is 2. The highest BCUT2D eigenvalue weighted by atomic mass is 16.5. The monoisotopic (exact) mass is 447 g/mol. The lowest BCUT2D eigenvalue weighted by Crippen LogP contribution is -2.63. The van der Waals surface area contributed by atoms with Crippen LogP contribution in [0.1, 0.15) is 36.7 Å². The number of para-hydroxylation sites is 1. The number of nitrogens with one attached hydrogen (secondary N) is 1. The van der Waals surface area contributed by atoms with E-state index in [9.17, 15) is 9.59 Å². The first kappa shape index (κ1) is 21.4. The molecule has 1 N–H and O–H groups in total. The van der Waals surface area contributed by atoms with E-state index in [4.69, 9.17) is 9.47 Å². The fourth-order valence-electron chi connectivity index (χ4n) is 5.29. The summed E-state index contributed by atoms with van der Waals surface area (Å²) in [6.07, 6.45) is 0.494. The van der Waals surface area contributed by atoms with Crippen LogP contribution in [0.5, 0.6) is 11.5 Å². The van der Waals surface area contributed by atoms with Gasteiger partial charge in [-0.2, -0.15) is 0 Å². The zero-order valence-corrected chi connectivity index (χ0v) is 19.4. The lowest BCUT2D eigenvalue weighted by molar-refractivity contribution is -0.159. The first-order chi connectivity index (χ1) is 15.9. The van der Waals surface area contributed by atoms with Crippen LogP contribution < -0.4 is 9.47 Å². The van der Waals surface area contributed by atoms with Crippen molar-refractivity contribution in [1.29, 1.82) is 0 Å². The maximum absolute atomic E-state index is 13.6. The van der Waals surface area contributed by atoms with Gasteiger partial charge in [-0.15, -0.1) is 0 Å². The Morgan fingerprint density at radius 2 is 1.88 bits per heavy atom. The van der Waals surface area contributed by atoms with Crippen LogP contribution in [-0.2, 0) is 16.0 Å². The van der Waals surface area contributed by atoms with Gasteiger partial charge in [-0.25, -0.2) is 0 Å². The molecule has 2 atom stereocenters. The number of hydrogen-bond acceptors (Lipinski definition) is 4. The van der Waals surface area contributed by atoms with Crippen LogP contribution in [0.4, 0.5) is 0 Å². The molecule has 0 spiro atoms. The van der Waals surface area contributed by atoms with Crippen molar-refractivity contribution in [3.63, 3.8) is 0 Å². The zero-order chi connectivity index (χ0) is 23.3. The van der Waals surface area contributed by atoms with Gasteiger partial charge in [0.2, 0.25) is 11.8 Å². The largest absolute Gasteiger partial charge is 0.497 e. The molecule has 1 aromatic heterocycles. The van der Waals surface area contributed by atoms with Crippen LogP contribution in [0.25, 0.3) is 10.9 Å². The van der Waals surface area contributed by atoms with Crippen LogP contribution in [0.2, 0.25) is 0 Å². The molecule has 0 bridgehead atoms. The molecule has 2 aliphatic rings. The first-order valence-electron chi connectivity index (χ1n) is 11.3. The number of hydrogen-bond donors (Lipinski definition) is 1. The Bertz CT molecular complexity index is 1230. The summed E-state index contributed by atoms with van der Waals surface area (Å²) < 4.78 is 11.1. The number of fused-ring (bicyclic) bond motifs is 4. The van der Waals surface area contributed by atoms with Crippen molar-refractivity contribution in [3.05, 3.63) is 59.3 Å². The van der Waals surface area contributed by atoms with Crippen molar-refractivity contribution in [2.75, 3.05) is 27.3 Å². The van der Waals surface area contributed by atoms with E-state index in [1.807, 2.05) is 36.4 Å². The lowest BCUT2D eigenvalue weighted by atomic mass is 9.85. The number of benzene rings is 2. The fourth-order valence-corrected chi connectivity index (χ4v) is 5.29. The summed E-state index contributed by atoms with van der Waals surface area (Å²) in [5.41, 5.74) is 3.85. The number of ether oxygens (including phenoxy) is 2. The third-order valence-corrected chi connectivity index (χ3v) is 6.66. The second-order valence-corrected chi connectivity index (χ2v) is 9.21. The van der Waals surface area contributed by atoms with Crippen molar-refractivity contribution < 1.29 is 19.1 Å². The minimum atomic E-state index is -0.548. The Kier molecular flexibility index (Phi) is 5.27. The molecule has 7 nitrogen and oxygen atoms in total. The van der Waals surface area contributed by atoms with E-state index in [1.165, 1.54) is 0 Å². The molecule has 2 aromatic carbocycles. The maximum atomic E-state index is 13.6. The number of carbonyl (C=O) groups excluding carboxylic acids is 2. The van der Waals surface area contributed by atoms with Gasteiger partial charge in [-0.05, 0) is 29.7 Å². The molecule has 172 valence electrons. The topological polar surface area (TPSA) is 74.9 Å². The van der Waals surface area contributed by atoms with Crippen LogP contribution in [0.3, 0.4) is 0 Å². The number of rotatable bonds is 5. The minimum absolute atomic E-state index is 0.0108. The Balaban J connectivity index is 1.71. The maximum Gasteiger partial charge on any atom is 0.246 e. The Labute approximate surface area is 193 Å². The van der Waals surface area contributed by atoms with E-state index in [0.717, 1.165) is 27.7 Å². The molecule has 7 heteroatoms. The molecule has 0 aliphatic carbocycles. The molecule has 2 aliphatic heterocycles. The second kappa shape index (κ2) is 8.14. The molecule has 3 aromatic rings. The van der Waals surface area contributed by atoms with E-state index < -0.39 is 12.1 Å². The molecule has 0 saturated carbocycles. The van der Waals surface area contributed by atoms with Gasteiger partial charge in [-0.1, -0.05) is 32.0 Å². The standard InChI is InChI=1S/C26H29N3O4/c1-15(2)13-28-14-23(30)29-21(26(28)31)12-19-17-7-5-6-8-20(17)27-24(19)25(29)18-10-9-16(32-3)11-22(18)33-4/h5-11,15,21,25,27H,12-14H2,1-4H3/t21-,25-/m0/s1. The molecule has 1 saturated heterocycles. The Hall–Kier alpha value is -3.48. The summed E-state index contributed by atoms with van der Waals surface area (Å²) in [6.45, 7) is 4.80. The van der Waals surface area contributed by atoms with E-state index in [-0.39, 0.29) is 24.3 Å². The third-order valence-electron chi connectivity index (χ3n) is 6.66. The van der Waals surface area contributed by atoms with Gasteiger partial charge >= 0.3 is 0 Å². The van der Waals surface area contributed by atoms with Crippen LogP contribution >= 0.6 is 0 Å². The van der Waals surface area contributed by atoms with Crippen LogP contribution in [0.15, 0.2) is 42.5 Å². The van der Waals surface area contributed by atoms with Gasteiger partial charge in [0.25, 0.3) is 0 Å². The molecule has 0 radical (unpaired) electrons. The third kappa shape index (κ3) is 3.43. The zero-order valence-electron chi connectivity index (χ0n) is 19.4. The van der Waals surface area contributed by atoms with E-state index in [1.54, 1.807) is 24.0 Å². The summed E-state index contributed by atoms with van der Waals surface area (Å²) in [5.74, 6) is 1.54. The number of amides is 2. The van der Waals surface area contributed by atoms with Gasteiger partial charge < -0.3 is 24.3 Å². The van der Waals surface area contributed by atoms with Gasteiger partial charge in [0.1, 0.15) is 23.6 Å². The number of carbonyl (C=O) groups is 2. The van der Waals surface area contributed by atoms with Crippen LogP contribution in [-0.4, -0.2) is 59.9 Å². The minimum Gasteiger partial charge on any atom is -0.497 e. The van der Waals surface area contributed by atoms with Crippen molar-refractivity contribution in [2.24, 2.45) is 5.92 Å². The quantitative estimate of drug-likeness (QED) is 0.649. The van der Waals surface area contributed by atoms with Gasteiger partial charge in [0.05, 0.1) is 20.8 Å². The molecular weight excluding hydrogens is 418 g/mol. The average Bonchev–Trinajstić information content (AvgIpc) is 3.18. The number of aromatic amines is 1. The van der Waals surface area contributed by atoms with E-state index >= 15 is 0 Å². The highest BCUT2D eigenvalue weighted by molar-refractivity contribution is 5.97. The van der Waals surface area contributed by atoms with Crippen molar-refractivity contribution >= 4 is 22.7 Å². The SMILES string of the molecule is COc1ccc([C@H]2c3[nH]c4ccccc4c3C[C@H]3C(=O)N(CC(C)C)CC(=O)N23)c(OC)c1. The normalized spacial score (nSPS) is 20.3. The highest BCUT2D eigenvalue weighted by Crippen LogP contribution is 2.45. The summed E-state index contributed by atoms with van der Waals surface area (Å²) in [7, 11) is 3.22. The van der Waals surface area contributed by atoms with Crippen molar-refractivity contribution in [1.82, 2.24) is 14.8 Å². The van der Waals surface area contributed by atoms with Gasteiger partial charge in [0.15, 0.2) is 0 Å². The predicted molar refractivity (Wildman–Crippen MR) is 125 cm³/mol. The molecule has 5 rings (SSSR count). The second-order valence-electron chi connectivity index (χ2n) is 9.21. The molecule has 33 heavy (non-hydrogen) atoms. The van der Waals surface area contributed by atoms with E-state index in [2.05, 4.69) is 24.9 Å². The van der Waals surface area contributed by atoms with E-state index in [0.29, 0.717) is 24.5 Å². The lowest BCUT2D eigenvalue weighted by Gasteiger charge is -2.47. The fraction of sp³-hybridized carbons (Fsp3) is 0.385. The molecule has 1 fully saturated rings. The van der Waals surface area contributed by atoms with Gasteiger partial charge in [-0.3, -0.25) is 9.59 Å². The number of H-pyrrole nitrogens is 1. The average molecular weight is 448 g/mol. The molecule has 2 amide bonds. The number of aromatic nitrogens is 1. The highest BCUT2D eigenvalue weighted by Gasteiger charge is 2.48. The van der Waals surface area contributed by atoms with Crippen molar-refractivity contribution in [2.45, 2.75) is 32.4 Å².